The minimum atomic E-state index is -0.421. The maximum Gasteiger partial charge on any atom is 0.175 e. The van der Waals surface area contributed by atoms with Gasteiger partial charge in [-0.1, -0.05) is 42.5 Å². The summed E-state index contributed by atoms with van der Waals surface area (Å²) in [5, 5.41) is 17.1. The SMILES string of the molecule is N#Cc1c(-c2ccccc2F)nn2ccc(NCc3ccccc3)nc12. The predicted octanol–water partition coefficient (Wildman–Crippen LogP) is 4.02. The number of hydrogen-bond acceptors (Lipinski definition) is 4. The number of aromatic nitrogens is 3. The fourth-order valence-electron chi connectivity index (χ4n) is 2.76. The van der Waals surface area contributed by atoms with Crippen LogP contribution in [0.4, 0.5) is 10.2 Å². The molecule has 0 aliphatic heterocycles. The molecule has 0 fully saturated rings. The molecule has 0 atom stereocenters. The predicted molar refractivity (Wildman–Crippen MR) is 96.9 cm³/mol. The first kappa shape index (κ1) is 15.8. The lowest BCUT2D eigenvalue weighted by Crippen LogP contribution is -2.02. The third-order valence-corrected chi connectivity index (χ3v) is 4.04. The van der Waals surface area contributed by atoms with Crippen molar-refractivity contribution in [2.45, 2.75) is 6.54 Å². The van der Waals surface area contributed by atoms with Crippen LogP contribution in [0.2, 0.25) is 0 Å². The van der Waals surface area contributed by atoms with Gasteiger partial charge in [0.05, 0.1) is 0 Å². The van der Waals surface area contributed by atoms with Gasteiger partial charge < -0.3 is 5.32 Å². The lowest BCUT2D eigenvalue weighted by molar-refractivity contribution is 0.630. The summed E-state index contributed by atoms with van der Waals surface area (Å²) in [6.45, 7) is 0.611. The second-order valence-electron chi connectivity index (χ2n) is 5.74. The Kier molecular flexibility index (Phi) is 4.04. The van der Waals surface area contributed by atoms with E-state index >= 15 is 0 Å². The van der Waals surface area contributed by atoms with E-state index < -0.39 is 5.82 Å². The summed E-state index contributed by atoms with van der Waals surface area (Å²) in [5.41, 5.74) is 2.34. The van der Waals surface area contributed by atoms with E-state index in [1.54, 1.807) is 30.5 Å². The van der Waals surface area contributed by atoms with E-state index in [2.05, 4.69) is 21.5 Å². The zero-order valence-corrected chi connectivity index (χ0v) is 13.7. The number of nitrogens with one attached hydrogen (secondary N) is 1. The number of halogens is 1. The molecule has 0 bridgehead atoms. The van der Waals surface area contributed by atoms with E-state index in [0.717, 1.165) is 5.56 Å². The third kappa shape index (κ3) is 2.87. The summed E-state index contributed by atoms with van der Waals surface area (Å²) in [6, 6.07) is 20.1. The van der Waals surface area contributed by atoms with Crippen molar-refractivity contribution in [1.29, 1.82) is 5.26 Å². The Labute approximate surface area is 149 Å². The molecule has 0 saturated heterocycles. The Morgan fingerprint density at radius 2 is 1.81 bits per heavy atom. The molecule has 126 valence electrons. The Morgan fingerprint density at radius 3 is 2.58 bits per heavy atom. The number of nitriles is 1. The minimum Gasteiger partial charge on any atom is -0.366 e. The van der Waals surface area contributed by atoms with Crippen molar-refractivity contribution < 1.29 is 4.39 Å². The van der Waals surface area contributed by atoms with Crippen LogP contribution in [-0.2, 0) is 6.54 Å². The highest BCUT2D eigenvalue weighted by molar-refractivity contribution is 5.75. The molecule has 0 radical (unpaired) electrons. The molecule has 6 heteroatoms. The minimum absolute atomic E-state index is 0.249. The summed E-state index contributed by atoms with van der Waals surface area (Å²) in [6.07, 6.45) is 1.71. The van der Waals surface area contributed by atoms with Gasteiger partial charge >= 0.3 is 0 Å². The van der Waals surface area contributed by atoms with E-state index in [1.165, 1.54) is 10.6 Å². The van der Waals surface area contributed by atoms with E-state index in [9.17, 15) is 9.65 Å². The molecule has 2 aromatic heterocycles. The number of hydrogen-bond donors (Lipinski definition) is 1. The first-order valence-electron chi connectivity index (χ1n) is 8.08. The van der Waals surface area contributed by atoms with E-state index in [0.29, 0.717) is 23.7 Å². The second-order valence-corrected chi connectivity index (χ2v) is 5.74. The van der Waals surface area contributed by atoms with E-state index in [1.807, 2.05) is 30.3 Å². The quantitative estimate of drug-likeness (QED) is 0.608. The average Bonchev–Trinajstić information content (AvgIpc) is 3.05. The Morgan fingerprint density at radius 1 is 1.04 bits per heavy atom. The van der Waals surface area contributed by atoms with Crippen LogP contribution in [0.5, 0.6) is 0 Å². The Hall–Kier alpha value is -3.72. The van der Waals surface area contributed by atoms with Gasteiger partial charge in [0.15, 0.2) is 5.65 Å². The van der Waals surface area contributed by atoms with Crippen LogP contribution in [-0.4, -0.2) is 14.6 Å². The van der Waals surface area contributed by atoms with Crippen molar-refractivity contribution in [2.75, 3.05) is 5.32 Å². The molecule has 0 aliphatic carbocycles. The van der Waals surface area contributed by atoms with Gasteiger partial charge in [0, 0.05) is 18.3 Å². The lowest BCUT2D eigenvalue weighted by Gasteiger charge is -2.05. The molecule has 4 rings (SSSR count). The number of fused-ring (bicyclic) bond motifs is 1. The highest BCUT2D eigenvalue weighted by atomic mass is 19.1. The smallest absolute Gasteiger partial charge is 0.175 e. The van der Waals surface area contributed by atoms with Crippen LogP contribution in [0.15, 0.2) is 66.9 Å². The highest BCUT2D eigenvalue weighted by Gasteiger charge is 2.18. The summed E-state index contributed by atoms with van der Waals surface area (Å²) in [4.78, 5) is 4.48. The van der Waals surface area contributed by atoms with Crippen molar-refractivity contribution in [1.82, 2.24) is 14.6 Å². The molecule has 0 aliphatic rings. The lowest BCUT2D eigenvalue weighted by atomic mass is 10.1. The van der Waals surface area contributed by atoms with Gasteiger partial charge in [-0.25, -0.2) is 13.9 Å². The van der Waals surface area contributed by atoms with Gasteiger partial charge in [0.2, 0.25) is 0 Å². The molecule has 0 amide bonds. The number of nitrogens with zero attached hydrogens (tertiary/aromatic N) is 4. The molecule has 0 saturated carbocycles. The molecule has 5 nitrogen and oxygen atoms in total. The van der Waals surface area contributed by atoms with Crippen molar-refractivity contribution in [3.63, 3.8) is 0 Å². The Balaban J connectivity index is 1.72. The molecule has 2 aromatic carbocycles. The number of benzene rings is 2. The van der Waals surface area contributed by atoms with Gasteiger partial charge in [-0.15, -0.1) is 0 Å². The standard InChI is InChI=1S/C20H14FN5/c21-17-9-5-4-8-15(17)19-16(12-22)20-24-18(10-11-26(20)25-19)23-13-14-6-2-1-3-7-14/h1-11H,13H2,(H,23,24). The fourth-order valence-corrected chi connectivity index (χ4v) is 2.76. The van der Waals surface area contributed by atoms with Gasteiger partial charge in [-0.2, -0.15) is 10.4 Å². The van der Waals surface area contributed by atoms with Crippen molar-refractivity contribution >= 4 is 11.5 Å². The largest absolute Gasteiger partial charge is 0.366 e. The van der Waals surface area contributed by atoms with Crippen LogP contribution in [0.25, 0.3) is 16.9 Å². The molecule has 1 N–H and O–H groups in total. The average molecular weight is 343 g/mol. The van der Waals surface area contributed by atoms with Gasteiger partial charge in [0.1, 0.15) is 29.0 Å². The summed E-state index contributed by atoms with van der Waals surface area (Å²) in [7, 11) is 0. The van der Waals surface area contributed by atoms with Crippen LogP contribution in [0.3, 0.4) is 0 Å². The highest BCUT2D eigenvalue weighted by Crippen LogP contribution is 2.27. The van der Waals surface area contributed by atoms with Crippen LogP contribution < -0.4 is 5.32 Å². The zero-order chi connectivity index (χ0) is 17.9. The maximum absolute atomic E-state index is 14.1. The second kappa shape index (κ2) is 6.65. The first-order valence-corrected chi connectivity index (χ1v) is 8.08. The van der Waals surface area contributed by atoms with Crippen LogP contribution >= 0.6 is 0 Å². The van der Waals surface area contributed by atoms with Crippen LogP contribution in [0, 0.1) is 17.1 Å². The van der Waals surface area contributed by atoms with E-state index in [4.69, 9.17) is 0 Å². The first-order chi connectivity index (χ1) is 12.8. The van der Waals surface area contributed by atoms with Crippen molar-refractivity contribution in [2.24, 2.45) is 0 Å². The molecular formula is C20H14FN5. The maximum atomic E-state index is 14.1. The van der Waals surface area contributed by atoms with Crippen molar-refractivity contribution in [3.8, 4) is 17.3 Å². The molecule has 4 aromatic rings. The zero-order valence-electron chi connectivity index (χ0n) is 13.7. The number of anilines is 1. The van der Waals surface area contributed by atoms with E-state index in [-0.39, 0.29) is 11.1 Å². The fraction of sp³-hybridized carbons (Fsp3) is 0.0500. The summed E-state index contributed by atoms with van der Waals surface area (Å²) < 4.78 is 15.6. The summed E-state index contributed by atoms with van der Waals surface area (Å²) >= 11 is 0. The molecule has 0 unspecified atom stereocenters. The topological polar surface area (TPSA) is 66.0 Å². The molecular weight excluding hydrogens is 329 g/mol. The molecule has 26 heavy (non-hydrogen) atoms. The summed E-state index contributed by atoms with van der Waals surface area (Å²) in [5.74, 6) is 0.202. The van der Waals surface area contributed by atoms with Gasteiger partial charge in [-0.05, 0) is 23.8 Å². The monoisotopic (exact) mass is 343 g/mol. The van der Waals surface area contributed by atoms with Crippen molar-refractivity contribution in [3.05, 3.63) is 83.8 Å². The molecule has 2 heterocycles. The Bertz CT molecular complexity index is 1110. The number of rotatable bonds is 4. The van der Waals surface area contributed by atoms with Gasteiger partial charge in [-0.3, -0.25) is 0 Å². The molecule has 0 spiro atoms. The normalized spacial score (nSPS) is 10.6. The third-order valence-electron chi connectivity index (χ3n) is 4.04. The van der Waals surface area contributed by atoms with Gasteiger partial charge in [0.25, 0.3) is 0 Å². The van der Waals surface area contributed by atoms with Crippen LogP contribution in [0.1, 0.15) is 11.1 Å².